The highest BCUT2D eigenvalue weighted by Crippen LogP contribution is 2.45. The molecule has 0 saturated heterocycles. The summed E-state index contributed by atoms with van der Waals surface area (Å²) in [6.45, 7) is 3.67. The maximum absolute atomic E-state index is 13.9. The maximum Gasteiger partial charge on any atom is 0.192 e. The van der Waals surface area contributed by atoms with Gasteiger partial charge in [-0.25, -0.2) is 4.39 Å². The molecule has 1 spiro atoms. The molecule has 3 nitrogen and oxygen atoms in total. The van der Waals surface area contributed by atoms with Crippen molar-refractivity contribution in [1.82, 2.24) is 4.90 Å². The predicted molar refractivity (Wildman–Crippen MR) is 69.9 cm³/mol. The van der Waals surface area contributed by atoms with Gasteiger partial charge in [-0.05, 0) is 36.5 Å². The number of benzene rings is 1. The van der Waals surface area contributed by atoms with Crippen molar-refractivity contribution in [3.05, 3.63) is 35.1 Å². The van der Waals surface area contributed by atoms with Crippen molar-refractivity contribution in [2.75, 3.05) is 13.1 Å². The monoisotopic (exact) mass is 247 g/mol. The van der Waals surface area contributed by atoms with Crippen molar-refractivity contribution >= 4 is 5.96 Å². The lowest BCUT2D eigenvalue weighted by Gasteiger charge is -2.37. The molecule has 0 amide bonds. The van der Waals surface area contributed by atoms with Gasteiger partial charge in [0.1, 0.15) is 5.82 Å². The minimum Gasteiger partial charge on any atom is -0.370 e. The van der Waals surface area contributed by atoms with Crippen LogP contribution in [0.3, 0.4) is 0 Å². The quantitative estimate of drug-likeness (QED) is 0.868. The first-order valence-electron chi connectivity index (χ1n) is 6.54. The minimum absolute atomic E-state index is 0.0914. The van der Waals surface area contributed by atoms with Crippen LogP contribution in [0.25, 0.3) is 0 Å². The topological polar surface area (TPSA) is 41.6 Å². The average Bonchev–Trinajstić information content (AvgIpc) is 2.88. The Morgan fingerprint density at radius 1 is 1.50 bits per heavy atom. The van der Waals surface area contributed by atoms with Crippen molar-refractivity contribution in [1.29, 1.82) is 0 Å². The van der Waals surface area contributed by atoms with Crippen LogP contribution < -0.4 is 5.73 Å². The van der Waals surface area contributed by atoms with E-state index < -0.39 is 0 Å². The van der Waals surface area contributed by atoms with Crippen molar-refractivity contribution in [3.63, 3.8) is 0 Å². The lowest BCUT2D eigenvalue weighted by molar-refractivity contribution is 0.201. The Hall–Kier alpha value is -1.58. The highest BCUT2D eigenvalue weighted by Gasteiger charge is 2.48. The molecule has 1 atom stereocenters. The lowest BCUT2D eigenvalue weighted by atomic mass is 9.90. The van der Waals surface area contributed by atoms with Gasteiger partial charge in [0.15, 0.2) is 5.96 Å². The second-order valence-electron chi connectivity index (χ2n) is 5.12. The molecule has 0 fully saturated rings. The molecule has 0 aromatic heterocycles. The number of hydrogen-bond donors (Lipinski definition) is 1. The summed E-state index contributed by atoms with van der Waals surface area (Å²) in [5, 5.41) is 0. The van der Waals surface area contributed by atoms with Crippen LogP contribution in [-0.4, -0.2) is 23.9 Å². The van der Waals surface area contributed by atoms with Crippen LogP contribution in [0.5, 0.6) is 0 Å². The summed E-state index contributed by atoms with van der Waals surface area (Å²) in [5.41, 5.74) is 7.75. The molecule has 0 radical (unpaired) electrons. The molecule has 1 aliphatic heterocycles. The summed E-state index contributed by atoms with van der Waals surface area (Å²) in [6, 6.07) is 5.36. The first kappa shape index (κ1) is 11.5. The van der Waals surface area contributed by atoms with Crippen LogP contribution in [0.1, 0.15) is 30.9 Å². The van der Waals surface area contributed by atoms with E-state index in [4.69, 9.17) is 5.73 Å². The molecule has 4 heteroatoms. The van der Waals surface area contributed by atoms with Crippen LogP contribution in [0.4, 0.5) is 4.39 Å². The number of rotatable bonds is 2. The fraction of sp³-hybridized carbons (Fsp3) is 0.500. The third-order valence-corrected chi connectivity index (χ3v) is 4.15. The zero-order chi connectivity index (χ0) is 12.8. The van der Waals surface area contributed by atoms with Crippen molar-refractivity contribution in [2.45, 2.75) is 31.7 Å². The molecule has 1 aromatic carbocycles. The van der Waals surface area contributed by atoms with E-state index in [1.54, 1.807) is 12.1 Å². The zero-order valence-corrected chi connectivity index (χ0v) is 10.6. The van der Waals surface area contributed by atoms with Gasteiger partial charge in [0.2, 0.25) is 0 Å². The summed E-state index contributed by atoms with van der Waals surface area (Å²) < 4.78 is 13.9. The summed E-state index contributed by atoms with van der Waals surface area (Å²) >= 11 is 0. The van der Waals surface area contributed by atoms with Gasteiger partial charge in [0.05, 0.1) is 12.1 Å². The Balaban J connectivity index is 2.07. The van der Waals surface area contributed by atoms with Gasteiger partial charge in [-0.3, -0.25) is 4.99 Å². The van der Waals surface area contributed by atoms with E-state index in [0.717, 1.165) is 36.9 Å². The minimum atomic E-state index is -0.183. The zero-order valence-electron chi connectivity index (χ0n) is 10.6. The van der Waals surface area contributed by atoms with Crippen molar-refractivity contribution in [3.8, 4) is 0 Å². The molecule has 1 heterocycles. The summed E-state index contributed by atoms with van der Waals surface area (Å²) in [5.74, 6) is 0.514. The van der Waals surface area contributed by atoms with Gasteiger partial charge in [0.25, 0.3) is 0 Å². The number of aliphatic imine (C=N–C) groups is 1. The highest BCUT2D eigenvalue weighted by atomic mass is 19.1. The van der Waals surface area contributed by atoms with Gasteiger partial charge < -0.3 is 10.6 Å². The van der Waals surface area contributed by atoms with Crippen LogP contribution >= 0.6 is 0 Å². The maximum atomic E-state index is 13.9. The lowest BCUT2D eigenvalue weighted by Crippen LogP contribution is -2.48. The first-order chi connectivity index (χ1) is 8.69. The predicted octanol–water partition coefficient (Wildman–Crippen LogP) is 2.01. The number of halogens is 1. The molecule has 1 unspecified atom stereocenters. The SMILES string of the molecule is CCCN1C(N)=NCC12CCc1c(F)cccc12. The van der Waals surface area contributed by atoms with E-state index in [1.807, 2.05) is 6.07 Å². The number of nitrogens with zero attached hydrogens (tertiary/aromatic N) is 2. The van der Waals surface area contributed by atoms with E-state index in [0.29, 0.717) is 12.5 Å². The molecule has 1 aliphatic carbocycles. The van der Waals surface area contributed by atoms with E-state index in [2.05, 4.69) is 16.8 Å². The standard InChI is InChI=1S/C14H18FN3/c1-2-8-18-13(16)17-9-14(18)7-6-10-11(14)4-3-5-12(10)15/h3-5H,2,6-9H2,1H3,(H2,16,17). The van der Waals surface area contributed by atoms with Gasteiger partial charge in [0, 0.05) is 6.54 Å². The molecule has 96 valence electrons. The van der Waals surface area contributed by atoms with Crippen molar-refractivity contribution in [2.24, 2.45) is 10.7 Å². The van der Waals surface area contributed by atoms with Gasteiger partial charge in [-0.1, -0.05) is 19.1 Å². The number of fused-ring (bicyclic) bond motifs is 2. The van der Waals surface area contributed by atoms with Crippen LogP contribution in [0.2, 0.25) is 0 Å². The third-order valence-electron chi connectivity index (χ3n) is 4.15. The van der Waals surface area contributed by atoms with Crippen LogP contribution in [0.15, 0.2) is 23.2 Å². The highest BCUT2D eigenvalue weighted by molar-refractivity contribution is 5.81. The summed E-state index contributed by atoms with van der Waals surface area (Å²) in [4.78, 5) is 6.56. The average molecular weight is 247 g/mol. The second kappa shape index (κ2) is 3.97. The van der Waals surface area contributed by atoms with Gasteiger partial charge >= 0.3 is 0 Å². The number of nitrogens with two attached hydrogens (primary N) is 1. The fourth-order valence-electron chi connectivity index (χ4n) is 3.31. The van der Waals surface area contributed by atoms with E-state index >= 15 is 0 Å². The Kier molecular flexibility index (Phi) is 2.54. The van der Waals surface area contributed by atoms with E-state index in [1.165, 1.54) is 0 Å². The van der Waals surface area contributed by atoms with Crippen molar-refractivity contribution < 1.29 is 4.39 Å². The van der Waals surface area contributed by atoms with Crippen LogP contribution in [-0.2, 0) is 12.0 Å². The molecule has 2 aliphatic rings. The Morgan fingerprint density at radius 3 is 3.11 bits per heavy atom. The molecular weight excluding hydrogens is 229 g/mol. The molecule has 1 aromatic rings. The summed E-state index contributed by atoms with van der Waals surface area (Å²) in [6.07, 6.45) is 2.71. The Labute approximate surface area is 106 Å². The van der Waals surface area contributed by atoms with E-state index in [9.17, 15) is 4.39 Å². The molecule has 18 heavy (non-hydrogen) atoms. The Bertz CT molecular complexity index is 512. The smallest absolute Gasteiger partial charge is 0.192 e. The van der Waals surface area contributed by atoms with Gasteiger partial charge in [-0.15, -0.1) is 0 Å². The van der Waals surface area contributed by atoms with Gasteiger partial charge in [-0.2, -0.15) is 0 Å². The number of guanidine groups is 1. The molecule has 2 N–H and O–H groups in total. The largest absolute Gasteiger partial charge is 0.370 e. The summed E-state index contributed by atoms with van der Waals surface area (Å²) in [7, 11) is 0. The first-order valence-corrected chi connectivity index (χ1v) is 6.54. The fourth-order valence-corrected chi connectivity index (χ4v) is 3.31. The van der Waals surface area contributed by atoms with E-state index in [-0.39, 0.29) is 11.4 Å². The molecule has 0 bridgehead atoms. The number of hydrogen-bond acceptors (Lipinski definition) is 3. The second-order valence-corrected chi connectivity index (χ2v) is 5.12. The molecule has 0 saturated carbocycles. The normalized spacial score (nSPS) is 25.7. The third kappa shape index (κ3) is 1.38. The molecular formula is C14H18FN3. The molecule has 3 rings (SSSR count). The van der Waals surface area contributed by atoms with Crippen LogP contribution in [0, 0.1) is 5.82 Å². The Morgan fingerprint density at radius 2 is 2.33 bits per heavy atom.